The molecule has 2 aromatic rings. The molecule has 0 N–H and O–H groups in total. The van der Waals surface area contributed by atoms with Crippen LogP contribution in [0.1, 0.15) is 24.2 Å². The van der Waals surface area contributed by atoms with E-state index in [1.54, 1.807) is 0 Å². The summed E-state index contributed by atoms with van der Waals surface area (Å²) < 4.78 is 7.28. The smallest absolute Gasteiger partial charge is 0.120 e. The summed E-state index contributed by atoms with van der Waals surface area (Å²) in [4.78, 5) is 2.45. The van der Waals surface area contributed by atoms with E-state index in [1.165, 1.54) is 5.56 Å². The summed E-state index contributed by atoms with van der Waals surface area (Å²) in [5.74, 6) is 0. The lowest BCUT2D eigenvalue weighted by atomic mass is 10.0. The second kappa shape index (κ2) is 6.35. The van der Waals surface area contributed by atoms with Crippen molar-refractivity contribution in [3.05, 3.63) is 47.8 Å². The van der Waals surface area contributed by atoms with Gasteiger partial charge in [0.2, 0.25) is 0 Å². The average Bonchev–Trinajstić information content (AvgIpc) is 2.96. The highest BCUT2D eigenvalue weighted by Crippen LogP contribution is 2.26. The van der Waals surface area contributed by atoms with Crippen molar-refractivity contribution in [3.8, 4) is 17.2 Å². The van der Waals surface area contributed by atoms with Gasteiger partial charge in [0.15, 0.2) is 0 Å². The molecular formula is C18H21N3O. The molecule has 3 rings (SSSR count). The summed E-state index contributed by atoms with van der Waals surface area (Å²) in [7, 11) is 1.90. The van der Waals surface area contributed by atoms with Crippen molar-refractivity contribution in [2.75, 3.05) is 26.3 Å². The molecule has 1 aliphatic rings. The zero-order valence-electron chi connectivity index (χ0n) is 13.1. The average molecular weight is 295 g/mol. The monoisotopic (exact) mass is 295 g/mol. The van der Waals surface area contributed by atoms with Crippen LogP contribution in [-0.4, -0.2) is 35.8 Å². The van der Waals surface area contributed by atoms with Gasteiger partial charge in [-0.3, -0.25) is 4.90 Å². The fourth-order valence-corrected chi connectivity index (χ4v) is 2.96. The van der Waals surface area contributed by atoms with Crippen LogP contribution in [0.4, 0.5) is 0 Å². The maximum absolute atomic E-state index is 9.05. The number of ether oxygens (including phenoxy) is 1. The van der Waals surface area contributed by atoms with Crippen molar-refractivity contribution in [3.63, 3.8) is 0 Å². The number of aryl methyl sites for hydroxylation is 1. The van der Waals surface area contributed by atoms with E-state index in [4.69, 9.17) is 10.00 Å². The van der Waals surface area contributed by atoms with Crippen LogP contribution >= 0.6 is 0 Å². The summed E-state index contributed by atoms with van der Waals surface area (Å²) in [6.45, 7) is 5.88. The van der Waals surface area contributed by atoms with E-state index in [0.29, 0.717) is 11.7 Å². The second-order valence-corrected chi connectivity index (χ2v) is 5.78. The van der Waals surface area contributed by atoms with Crippen LogP contribution in [0.2, 0.25) is 0 Å². The van der Waals surface area contributed by atoms with E-state index >= 15 is 0 Å². The van der Waals surface area contributed by atoms with Gasteiger partial charge < -0.3 is 9.30 Å². The quantitative estimate of drug-likeness (QED) is 0.874. The zero-order chi connectivity index (χ0) is 15.5. The van der Waals surface area contributed by atoms with Crippen LogP contribution in [-0.2, 0) is 11.8 Å². The van der Waals surface area contributed by atoms with Crippen molar-refractivity contribution in [2.24, 2.45) is 7.05 Å². The lowest BCUT2D eigenvalue weighted by Crippen LogP contribution is -2.37. The molecular weight excluding hydrogens is 274 g/mol. The Morgan fingerprint density at radius 1 is 1.14 bits per heavy atom. The van der Waals surface area contributed by atoms with E-state index < -0.39 is 0 Å². The Hall–Kier alpha value is -2.09. The highest BCUT2D eigenvalue weighted by molar-refractivity contribution is 5.65. The lowest BCUT2D eigenvalue weighted by Gasteiger charge is -2.32. The largest absolute Gasteiger partial charge is 0.379 e. The van der Waals surface area contributed by atoms with Gasteiger partial charge in [0.25, 0.3) is 0 Å². The van der Waals surface area contributed by atoms with Gasteiger partial charge in [-0.1, -0.05) is 24.3 Å². The van der Waals surface area contributed by atoms with Crippen LogP contribution in [0.25, 0.3) is 11.1 Å². The third kappa shape index (κ3) is 2.92. The Kier molecular flexibility index (Phi) is 4.28. The summed E-state index contributed by atoms with van der Waals surface area (Å²) in [6.07, 6.45) is 2.00. The number of aromatic nitrogens is 1. The van der Waals surface area contributed by atoms with Gasteiger partial charge in [0.05, 0.1) is 13.2 Å². The molecule has 0 radical (unpaired) electrons. The molecule has 2 heterocycles. The molecule has 0 spiro atoms. The van der Waals surface area contributed by atoms with Crippen LogP contribution in [0.3, 0.4) is 0 Å². The molecule has 22 heavy (non-hydrogen) atoms. The SMILES string of the molecule is C[C@@H](c1ccc(-c2cc(C#N)n(C)c2)cc1)N1CCOCC1. The van der Waals surface area contributed by atoms with E-state index in [2.05, 4.69) is 42.2 Å². The Morgan fingerprint density at radius 3 is 2.41 bits per heavy atom. The molecule has 1 aromatic carbocycles. The summed E-state index contributed by atoms with van der Waals surface area (Å²) in [6, 6.07) is 13.2. The Labute approximate surface area is 131 Å². The number of hydrogen-bond acceptors (Lipinski definition) is 3. The van der Waals surface area contributed by atoms with Crippen molar-refractivity contribution >= 4 is 0 Å². The van der Waals surface area contributed by atoms with Crippen LogP contribution in [0.5, 0.6) is 0 Å². The first kappa shape index (κ1) is 14.8. The van der Waals surface area contributed by atoms with E-state index in [1.807, 2.05) is 23.9 Å². The molecule has 1 atom stereocenters. The van der Waals surface area contributed by atoms with Gasteiger partial charge in [-0.15, -0.1) is 0 Å². The van der Waals surface area contributed by atoms with Crippen molar-refractivity contribution < 1.29 is 4.74 Å². The van der Waals surface area contributed by atoms with Crippen LogP contribution < -0.4 is 0 Å². The maximum atomic E-state index is 9.05. The first-order chi connectivity index (χ1) is 10.7. The molecule has 4 heteroatoms. The number of hydrogen-bond donors (Lipinski definition) is 0. The maximum Gasteiger partial charge on any atom is 0.120 e. The van der Waals surface area contributed by atoms with Gasteiger partial charge in [0, 0.05) is 37.9 Å². The molecule has 1 saturated heterocycles. The topological polar surface area (TPSA) is 41.2 Å². The molecule has 1 aliphatic heterocycles. The molecule has 0 unspecified atom stereocenters. The molecule has 1 aromatic heterocycles. The Morgan fingerprint density at radius 2 is 1.82 bits per heavy atom. The molecule has 0 aliphatic carbocycles. The van der Waals surface area contributed by atoms with E-state index in [-0.39, 0.29) is 0 Å². The standard InChI is InChI=1S/C18H21N3O/c1-14(21-7-9-22-10-8-21)15-3-5-16(6-4-15)17-11-18(12-19)20(2)13-17/h3-6,11,13-14H,7-10H2,1-2H3/t14-/m0/s1. The predicted molar refractivity (Wildman–Crippen MR) is 86.4 cm³/mol. The van der Waals surface area contributed by atoms with Gasteiger partial charge in [0.1, 0.15) is 11.8 Å². The highest BCUT2D eigenvalue weighted by Gasteiger charge is 2.18. The fourth-order valence-electron chi connectivity index (χ4n) is 2.96. The molecule has 0 amide bonds. The minimum absolute atomic E-state index is 0.406. The Bertz CT molecular complexity index is 675. The second-order valence-electron chi connectivity index (χ2n) is 5.78. The third-order valence-electron chi connectivity index (χ3n) is 4.44. The van der Waals surface area contributed by atoms with E-state index in [9.17, 15) is 0 Å². The Balaban J connectivity index is 1.78. The number of rotatable bonds is 3. The van der Waals surface area contributed by atoms with E-state index in [0.717, 1.165) is 37.4 Å². The van der Waals surface area contributed by atoms with Crippen molar-refractivity contribution in [2.45, 2.75) is 13.0 Å². The summed E-state index contributed by atoms with van der Waals surface area (Å²) >= 11 is 0. The van der Waals surface area contributed by atoms with Crippen molar-refractivity contribution in [1.29, 1.82) is 5.26 Å². The third-order valence-corrected chi connectivity index (χ3v) is 4.44. The predicted octanol–water partition coefficient (Wildman–Crippen LogP) is 2.96. The van der Waals surface area contributed by atoms with Crippen LogP contribution in [0, 0.1) is 11.3 Å². The lowest BCUT2D eigenvalue weighted by molar-refractivity contribution is 0.0198. The highest BCUT2D eigenvalue weighted by atomic mass is 16.5. The normalized spacial score (nSPS) is 17.1. The summed E-state index contributed by atoms with van der Waals surface area (Å²) in [5.41, 5.74) is 4.24. The number of morpholine rings is 1. The molecule has 4 nitrogen and oxygen atoms in total. The summed E-state index contributed by atoms with van der Waals surface area (Å²) in [5, 5.41) is 9.05. The number of benzene rings is 1. The minimum Gasteiger partial charge on any atom is -0.379 e. The number of nitriles is 1. The number of nitrogens with zero attached hydrogens (tertiary/aromatic N) is 3. The van der Waals surface area contributed by atoms with Crippen LogP contribution in [0.15, 0.2) is 36.5 Å². The molecule has 1 fully saturated rings. The van der Waals surface area contributed by atoms with Gasteiger partial charge >= 0.3 is 0 Å². The van der Waals surface area contributed by atoms with Crippen molar-refractivity contribution in [1.82, 2.24) is 9.47 Å². The zero-order valence-corrected chi connectivity index (χ0v) is 13.1. The first-order valence-corrected chi connectivity index (χ1v) is 7.67. The first-order valence-electron chi connectivity index (χ1n) is 7.67. The minimum atomic E-state index is 0.406. The molecule has 0 saturated carbocycles. The van der Waals surface area contributed by atoms with Gasteiger partial charge in [-0.25, -0.2) is 0 Å². The molecule has 114 valence electrons. The van der Waals surface area contributed by atoms with Gasteiger partial charge in [-0.05, 0) is 24.1 Å². The van der Waals surface area contributed by atoms with Gasteiger partial charge in [-0.2, -0.15) is 5.26 Å². The fraction of sp³-hybridized carbons (Fsp3) is 0.389. The molecule has 0 bridgehead atoms.